The van der Waals surface area contributed by atoms with Crippen LogP contribution in [0.4, 0.5) is 21.8 Å². The molecule has 2 heterocycles. The van der Waals surface area contributed by atoms with Crippen LogP contribution in [0.25, 0.3) is 0 Å². The van der Waals surface area contributed by atoms with Gasteiger partial charge in [-0.05, 0) is 70.1 Å². The first kappa shape index (κ1) is 25.6. The van der Waals surface area contributed by atoms with Gasteiger partial charge in [0.05, 0.1) is 5.92 Å². The van der Waals surface area contributed by atoms with Crippen LogP contribution in [0.2, 0.25) is 0 Å². The van der Waals surface area contributed by atoms with Gasteiger partial charge in [-0.3, -0.25) is 9.59 Å². The third kappa shape index (κ3) is 5.99. The second-order valence-corrected chi connectivity index (χ2v) is 9.49. The number of nitrogens with zero attached hydrogens (tertiary/aromatic N) is 4. The average molecular weight is 497 g/mol. The van der Waals surface area contributed by atoms with Crippen molar-refractivity contribution in [3.8, 4) is 0 Å². The SMILES string of the molecule is CN1CCC(N(C)C(=O)c2ccc(Nc3ncc(CF)c(N[C@@H]4CC=CC[C@@H]4C(=O)O)n3)cc2)CC1. The van der Waals surface area contributed by atoms with Crippen molar-refractivity contribution in [2.75, 3.05) is 37.8 Å². The summed E-state index contributed by atoms with van der Waals surface area (Å²) in [5.74, 6) is -1.02. The Bertz CT molecular complexity index is 1100. The fraction of sp³-hybridized carbons (Fsp3) is 0.462. The van der Waals surface area contributed by atoms with E-state index < -0.39 is 24.6 Å². The van der Waals surface area contributed by atoms with E-state index in [9.17, 15) is 19.1 Å². The van der Waals surface area contributed by atoms with E-state index >= 15 is 0 Å². The minimum absolute atomic E-state index is 0.0133. The zero-order valence-corrected chi connectivity index (χ0v) is 20.7. The van der Waals surface area contributed by atoms with E-state index in [0.29, 0.717) is 24.1 Å². The van der Waals surface area contributed by atoms with Crippen molar-refractivity contribution >= 4 is 29.3 Å². The van der Waals surface area contributed by atoms with Crippen LogP contribution in [0.5, 0.6) is 0 Å². The van der Waals surface area contributed by atoms with E-state index in [1.165, 1.54) is 6.20 Å². The van der Waals surface area contributed by atoms with E-state index in [2.05, 4.69) is 32.5 Å². The molecule has 1 aliphatic carbocycles. The smallest absolute Gasteiger partial charge is 0.308 e. The van der Waals surface area contributed by atoms with Crippen LogP contribution in [0.15, 0.2) is 42.6 Å². The quantitative estimate of drug-likeness (QED) is 0.475. The van der Waals surface area contributed by atoms with E-state index in [-0.39, 0.29) is 29.3 Å². The molecule has 1 fully saturated rings. The molecular formula is C26H33FN6O3. The van der Waals surface area contributed by atoms with Crippen molar-refractivity contribution in [2.24, 2.45) is 5.92 Å². The number of nitrogens with one attached hydrogen (secondary N) is 2. The maximum absolute atomic E-state index is 13.6. The van der Waals surface area contributed by atoms with Crippen molar-refractivity contribution in [1.82, 2.24) is 19.8 Å². The highest BCUT2D eigenvalue weighted by Crippen LogP contribution is 2.26. The number of carboxylic acid groups (broad SMARTS) is 1. The number of aliphatic carboxylic acids is 1. The molecule has 1 aromatic heterocycles. The van der Waals surface area contributed by atoms with Gasteiger partial charge >= 0.3 is 5.97 Å². The van der Waals surface area contributed by atoms with Crippen molar-refractivity contribution in [2.45, 2.75) is 44.4 Å². The second kappa shape index (κ2) is 11.5. The van der Waals surface area contributed by atoms with E-state index in [0.717, 1.165) is 25.9 Å². The lowest BCUT2D eigenvalue weighted by Crippen LogP contribution is -2.44. The summed E-state index contributed by atoms with van der Waals surface area (Å²) in [6.07, 6.45) is 8.00. The molecule has 1 amide bonds. The molecule has 2 atom stereocenters. The first-order valence-corrected chi connectivity index (χ1v) is 12.2. The normalized spacial score (nSPS) is 20.6. The van der Waals surface area contributed by atoms with E-state index in [1.54, 1.807) is 24.3 Å². The number of carbonyl (C=O) groups excluding carboxylic acids is 1. The summed E-state index contributed by atoms with van der Waals surface area (Å²) in [6.45, 7) is 1.19. The first-order chi connectivity index (χ1) is 17.4. The highest BCUT2D eigenvalue weighted by Gasteiger charge is 2.29. The average Bonchev–Trinajstić information content (AvgIpc) is 2.89. The Morgan fingerprint density at radius 2 is 1.86 bits per heavy atom. The monoisotopic (exact) mass is 496 g/mol. The lowest BCUT2D eigenvalue weighted by Gasteiger charge is -2.35. The molecule has 4 rings (SSSR count). The molecule has 9 nitrogen and oxygen atoms in total. The number of benzene rings is 1. The standard InChI is InChI=1S/C26H33FN6O3/c1-32-13-11-20(12-14-32)33(2)24(34)17-7-9-19(10-8-17)29-26-28-16-18(15-27)23(31-26)30-22-6-4-3-5-21(22)25(35)36/h3-4,7-10,16,20-22H,5-6,11-15H2,1-2H3,(H,35,36)(H2,28,29,30,31)/t21-,22+/m0/s1. The molecule has 1 aromatic carbocycles. The third-order valence-corrected chi connectivity index (χ3v) is 7.02. The van der Waals surface area contributed by atoms with Crippen molar-refractivity contribution in [1.29, 1.82) is 0 Å². The second-order valence-electron chi connectivity index (χ2n) is 9.49. The Balaban J connectivity index is 1.43. The molecule has 1 aliphatic heterocycles. The van der Waals surface area contributed by atoms with Gasteiger partial charge in [0.25, 0.3) is 5.91 Å². The number of carboxylic acids is 1. The molecule has 10 heteroatoms. The Morgan fingerprint density at radius 3 is 2.53 bits per heavy atom. The predicted octanol–water partition coefficient (Wildman–Crippen LogP) is 3.69. The van der Waals surface area contributed by atoms with E-state index in [1.807, 2.05) is 24.1 Å². The molecule has 0 unspecified atom stereocenters. The zero-order valence-electron chi connectivity index (χ0n) is 20.7. The largest absolute Gasteiger partial charge is 0.481 e. The van der Waals surface area contributed by atoms with Gasteiger partial charge in [0, 0.05) is 42.1 Å². The van der Waals surface area contributed by atoms with Crippen LogP contribution in [-0.4, -0.2) is 76.0 Å². The van der Waals surface area contributed by atoms with Gasteiger partial charge in [0.15, 0.2) is 0 Å². The summed E-state index contributed by atoms with van der Waals surface area (Å²) in [7, 11) is 3.95. The van der Waals surface area contributed by atoms with Crippen molar-refractivity contribution in [3.63, 3.8) is 0 Å². The number of piperidine rings is 1. The van der Waals surface area contributed by atoms with Crippen LogP contribution in [0.1, 0.15) is 41.6 Å². The highest BCUT2D eigenvalue weighted by atomic mass is 19.1. The Labute approximate surface area is 210 Å². The van der Waals surface area contributed by atoms with Crippen molar-refractivity contribution in [3.05, 3.63) is 53.7 Å². The van der Waals surface area contributed by atoms with Crippen LogP contribution in [-0.2, 0) is 11.5 Å². The van der Waals surface area contributed by atoms with Gasteiger partial charge in [0.1, 0.15) is 12.5 Å². The third-order valence-electron chi connectivity index (χ3n) is 7.02. The van der Waals surface area contributed by atoms with Gasteiger partial charge in [-0.1, -0.05) is 12.2 Å². The molecule has 2 aliphatic rings. The number of allylic oxidation sites excluding steroid dienone is 1. The van der Waals surface area contributed by atoms with Gasteiger partial charge < -0.3 is 25.5 Å². The van der Waals surface area contributed by atoms with Crippen LogP contribution in [0, 0.1) is 5.92 Å². The minimum atomic E-state index is -0.901. The molecule has 0 spiro atoms. The summed E-state index contributed by atoms with van der Waals surface area (Å²) < 4.78 is 13.6. The number of hydrogen-bond acceptors (Lipinski definition) is 7. The number of halogens is 1. The summed E-state index contributed by atoms with van der Waals surface area (Å²) in [4.78, 5) is 37.3. The van der Waals surface area contributed by atoms with Crippen LogP contribution < -0.4 is 10.6 Å². The molecule has 36 heavy (non-hydrogen) atoms. The Morgan fingerprint density at radius 1 is 1.17 bits per heavy atom. The summed E-state index contributed by atoms with van der Waals surface area (Å²) >= 11 is 0. The maximum Gasteiger partial charge on any atom is 0.308 e. The predicted molar refractivity (Wildman–Crippen MR) is 136 cm³/mol. The molecule has 0 saturated carbocycles. The Kier molecular flexibility index (Phi) is 8.14. The van der Waals surface area contributed by atoms with Crippen molar-refractivity contribution < 1.29 is 19.1 Å². The number of rotatable bonds is 8. The molecule has 1 saturated heterocycles. The van der Waals surface area contributed by atoms with Gasteiger partial charge in [-0.25, -0.2) is 9.37 Å². The number of hydrogen-bond donors (Lipinski definition) is 3. The number of aromatic nitrogens is 2. The van der Waals surface area contributed by atoms with Crippen LogP contribution >= 0.6 is 0 Å². The number of amides is 1. The summed E-state index contributed by atoms with van der Waals surface area (Å²) in [5, 5.41) is 15.7. The first-order valence-electron chi connectivity index (χ1n) is 12.2. The molecule has 2 aromatic rings. The molecular weight excluding hydrogens is 463 g/mol. The lowest BCUT2D eigenvalue weighted by molar-refractivity contribution is -0.142. The number of likely N-dealkylation sites (tertiary alicyclic amines) is 1. The summed E-state index contributed by atoms with van der Waals surface area (Å²) in [6, 6.07) is 6.92. The molecule has 0 radical (unpaired) electrons. The Hall–Kier alpha value is -3.53. The molecule has 3 N–H and O–H groups in total. The lowest BCUT2D eigenvalue weighted by atomic mass is 9.89. The fourth-order valence-electron chi connectivity index (χ4n) is 4.69. The van der Waals surface area contributed by atoms with E-state index in [4.69, 9.17) is 0 Å². The summed E-state index contributed by atoms with van der Waals surface area (Å²) in [5.41, 5.74) is 1.54. The van der Waals surface area contributed by atoms with Gasteiger partial charge in [-0.2, -0.15) is 4.98 Å². The fourth-order valence-corrected chi connectivity index (χ4v) is 4.69. The molecule has 0 bridgehead atoms. The number of anilines is 3. The highest BCUT2D eigenvalue weighted by molar-refractivity contribution is 5.94. The zero-order chi connectivity index (χ0) is 25.7. The molecule has 192 valence electrons. The van der Waals surface area contributed by atoms with Crippen LogP contribution in [0.3, 0.4) is 0 Å². The minimum Gasteiger partial charge on any atom is -0.481 e. The van der Waals surface area contributed by atoms with Gasteiger partial charge in [0.2, 0.25) is 5.95 Å². The van der Waals surface area contributed by atoms with Gasteiger partial charge in [-0.15, -0.1) is 0 Å². The maximum atomic E-state index is 13.6. The number of carbonyl (C=O) groups is 2. The topological polar surface area (TPSA) is 111 Å². The number of alkyl halides is 1.